The van der Waals surface area contributed by atoms with Crippen LogP contribution < -0.4 is 5.32 Å². The Hall–Kier alpha value is -0.550. The summed E-state index contributed by atoms with van der Waals surface area (Å²) in [6.45, 7) is 2.62. The van der Waals surface area contributed by atoms with Crippen molar-refractivity contribution in [2.75, 3.05) is 17.6 Å². The molecule has 15 heavy (non-hydrogen) atoms. The summed E-state index contributed by atoms with van der Waals surface area (Å²) < 4.78 is 24.8. The SMILES string of the molecule is CC1CNc2c(Br)cccc2S(=O)(=O)C1. The van der Waals surface area contributed by atoms with Gasteiger partial charge in [0, 0.05) is 11.0 Å². The topological polar surface area (TPSA) is 46.2 Å². The maximum atomic E-state index is 12.0. The van der Waals surface area contributed by atoms with Crippen LogP contribution in [0.25, 0.3) is 0 Å². The largest absolute Gasteiger partial charge is 0.383 e. The van der Waals surface area contributed by atoms with E-state index >= 15 is 0 Å². The molecular formula is C10H12BrNO2S. The molecule has 0 fully saturated rings. The number of fused-ring (bicyclic) bond motifs is 1. The molecule has 1 aromatic rings. The number of anilines is 1. The first-order valence-electron chi connectivity index (χ1n) is 4.76. The normalized spacial score (nSPS) is 23.7. The lowest BCUT2D eigenvalue weighted by Crippen LogP contribution is -2.15. The Kier molecular flexibility index (Phi) is 2.77. The Morgan fingerprint density at radius 1 is 1.47 bits per heavy atom. The third kappa shape index (κ3) is 2.03. The van der Waals surface area contributed by atoms with Gasteiger partial charge in [-0.25, -0.2) is 8.42 Å². The summed E-state index contributed by atoms with van der Waals surface area (Å²) in [6, 6.07) is 5.25. The minimum absolute atomic E-state index is 0.134. The molecular weight excluding hydrogens is 278 g/mol. The molecule has 0 aliphatic carbocycles. The molecule has 1 heterocycles. The Morgan fingerprint density at radius 3 is 2.93 bits per heavy atom. The molecule has 0 radical (unpaired) electrons. The van der Waals surface area contributed by atoms with Gasteiger partial charge in [0.1, 0.15) is 0 Å². The maximum Gasteiger partial charge on any atom is 0.180 e. The predicted molar refractivity (Wildman–Crippen MR) is 63.8 cm³/mol. The molecule has 82 valence electrons. The van der Waals surface area contributed by atoms with Crippen molar-refractivity contribution in [2.45, 2.75) is 11.8 Å². The number of hydrogen-bond donors (Lipinski definition) is 1. The van der Waals surface area contributed by atoms with E-state index in [1.54, 1.807) is 12.1 Å². The molecule has 0 spiro atoms. The van der Waals surface area contributed by atoms with Crippen LogP contribution in [0.2, 0.25) is 0 Å². The highest BCUT2D eigenvalue weighted by atomic mass is 79.9. The van der Waals surface area contributed by atoms with Crippen LogP contribution in [0, 0.1) is 5.92 Å². The second-order valence-electron chi connectivity index (χ2n) is 3.88. The third-order valence-corrected chi connectivity index (χ3v) is 5.12. The first-order chi connectivity index (χ1) is 7.00. The molecule has 0 bridgehead atoms. The second-order valence-corrected chi connectivity index (χ2v) is 6.74. The number of nitrogens with one attached hydrogen (secondary N) is 1. The summed E-state index contributed by atoms with van der Waals surface area (Å²) in [5.74, 6) is 0.345. The maximum absolute atomic E-state index is 12.0. The first-order valence-corrected chi connectivity index (χ1v) is 7.20. The summed E-state index contributed by atoms with van der Waals surface area (Å²) in [5, 5.41) is 3.17. The van der Waals surface area contributed by atoms with E-state index in [2.05, 4.69) is 21.2 Å². The van der Waals surface area contributed by atoms with Crippen molar-refractivity contribution < 1.29 is 8.42 Å². The number of halogens is 1. The number of sulfone groups is 1. The summed E-state index contributed by atoms with van der Waals surface area (Å²) in [7, 11) is -3.14. The number of para-hydroxylation sites is 1. The van der Waals surface area contributed by atoms with E-state index in [0.717, 1.165) is 4.47 Å². The number of benzene rings is 1. The van der Waals surface area contributed by atoms with Gasteiger partial charge in [-0.3, -0.25) is 0 Å². The highest BCUT2D eigenvalue weighted by Gasteiger charge is 2.26. The fourth-order valence-corrected chi connectivity index (χ4v) is 4.20. The highest BCUT2D eigenvalue weighted by Crippen LogP contribution is 2.33. The molecule has 1 N–H and O–H groups in total. The van der Waals surface area contributed by atoms with Gasteiger partial charge >= 0.3 is 0 Å². The minimum atomic E-state index is -3.14. The zero-order valence-corrected chi connectivity index (χ0v) is 10.7. The summed E-state index contributed by atoms with van der Waals surface area (Å²) in [6.07, 6.45) is 0. The van der Waals surface area contributed by atoms with Crippen molar-refractivity contribution >= 4 is 31.5 Å². The number of hydrogen-bond acceptors (Lipinski definition) is 3. The summed E-state index contributed by atoms with van der Waals surface area (Å²) in [5.41, 5.74) is 0.696. The zero-order valence-electron chi connectivity index (χ0n) is 8.33. The van der Waals surface area contributed by atoms with Crippen LogP contribution >= 0.6 is 15.9 Å². The van der Waals surface area contributed by atoms with Gasteiger partial charge in [-0.15, -0.1) is 0 Å². The molecule has 0 aromatic heterocycles. The molecule has 3 nitrogen and oxygen atoms in total. The van der Waals surface area contributed by atoms with E-state index in [1.165, 1.54) is 0 Å². The molecule has 1 aliphatic heterocycles. The lowest BCUT2D eigenvalue weighted by Gasteiger charge is -2.08. The van der Waals surface area contributed by atoms with Crippen molar-refractivity contribution in [3.05, 3.63) is 22.7 Å². The van der Waals surface area contributed by atoms with E-state index in [1.807, 2.05) is 13.0 Å². The van der Waals surface area contributed by atoms with Gasteiger partial charge < -0.3 is 5.32 Å². The van der Waals surface area contributed by atoms with E-state index in [9.17, 15) is 8.42 Å². The average Bonchev–Trinajstić information content (AvgIpc) is 2.24. The highest BCUT2D eigenvalue weighted by molar-refractivity contribution is 9.10. The molecule has 0 saturated carbocycles. The van der Waals surface area contributed by atoms with Gasteiger partial charge in [0.15, 0.2) is 9.84 Å². The smallest absolute Gasteiger partial charge is 0.180 e. The van der Waals surface area contributed by atoms with Crippen LogP contribution in [0.5, 0.6) is 0 Å². The van der Waals surface area contributed by atoms with E-state index in [4.69, 9.17) is 0 Å². The third-order valence-electron chi connectivity index (χ3n) is 2.44. The van der Waals surface area contributed by atoms with Gasteiger partial charge in [-0.05, 0) is 34.0 Å². The van der Waals surface area contributed by atoms with Gasteiger partial charge in [-0.1, -0.05) is 13.0 Å². The predicted octanol–water partition coefficient (Wildman–Crippen LogP) is 2.28. The van der Waals surface area contributed by atoms with E-state index in [0.29, 0.717) is 17.1 Å². The fraction of sp³-hybridized carbons (Fsp3) is 0.400. The van der Waals surface area contributed by atoms with Gasteiger partial charge in [-0.2, -0.15) is 0 Å². The van der Waals surface area contributed by atoms with Crippen LogP contribution in [0.15, 0.2) is 27.6 Å². The zero-order chi connectivity index (χ0) is 11.1. The van der Waals surface area contributed by atoms with Crippen LogP contribution in [-0.2, 0) is 9.84 Å². The average molecular weight is 290 g/mol. The molecule has 0 amide bonds. The van der Waals surface area contributed by atoms with Gasteiger partial charge in [0.2, 0.25) is 0 Å². The Labute approximate surface area is 97.9 Å². The quantitative estimate of drug-likeness (QED) is 0.797. The van der Waals surface area contributed by atoms with Crippen molar-refractivity contribution in [1.82, 2.24) is 0 Å². The molecule has 1 aliphatic rings. The van der Waals surface area contributed by atoms with Crippen LogP contribution in [0.4, 0.5) is 5.69 Å². The Bertz CT molecular complexity index is 484. The van der Waals surface area contributed by atoms with Crippen molar-refractivity contribution in [2.24, 2.45) is 5.92 Å². The fourth-order valence-electron chi connectivity index (χ4n) is 1.73. The molecule has 1 aromatic carbocycles. The Morgan fingerprint density at radius 2 is 2.20 bits per heavy atom. The second kappa shape index (κ2) is 3.79. The minimum Gasteiger partial charge on any atom is -0.383 e. The van der Waals surface area contributed by atoms with Crippen LogP contribution in [-0.4, -0.2) is 20.7 Å². The molecule has 0 saturated heterocycles. The molecule has 5 heteroatoms. The Balaban J connectivity index is 2.64. The summed E-state index contributed by atoms with van der Waals surface area (Å²) in [4.78, 5) is 0.404. The lowest BCUT2D eigenvalue weighted by atomic mass is 10.2. The van der Waals surface area contributed by atoms with Crippen molar-refractivity contribution in [3.63, 3.8) is 0 Å². The van der Waals surface area contributed by atoms with E-state index in [-0.39, 0.29) is 11.7 Å². The van der Waals surface area contributed by atoms with Crippen molar-refractivity contribution in [3.8, 4) is 0 Å². The number of rotatable bonds is 0. The van der Waals surface area contributed by atoms with Crippen LogP contribution in [0.1, 0.15) is 6.92 Å². The van der Waals surface area contributed by atoms with E-state index < -0.39 is 9.84 Å². The van der Waals surface area contributed by atoms with Crippen molar-refractivity contribution in [1.29, 1.82) is 0 Å². The first kappa shape index (κ1) is 11.0. The van der Waals surface area contributed by atoms with Gasteiger partial charge in [0.25, 0.3) is 0 Å². The van der Waals surface area contributed by atoms with Gasteiger partial charge in [0.05, 0.1) is 16.3 Å². The molecule has 1 unspecified atom stereocenters. The lowest BCUT2D eigenvalue weighted by molar-refractivity contribution is 0.582. The monoisotopic (exact) mass is 289 g/mol. The standard InChI is InChI=1S/C10H12BrNO2S/c1-7-5-12-10-8(11)3-2-4-9(10)15(13,14)6-7/h2-4,7,12H,5-6H2,1H3. The molecule has 2 rings (SSSR count). The summed E-state index contributed by atoms with van der Waals surface area (Å²) >= 11 is 3.36. The van der Waals surface area contributed by atoms with Crippen LogP contribution in [0.3, 0.4) is 0 Å². The molecule has 1 atom stereocenters.